The number of primary amides is 1. The first-order valence-corrected chi connectivity index (χ1v) is 26.7. The van der Waals surface area contributed by atoms with Crippen molar-refractivity contribution in [3.05, 3.63) is 0 Å². The molecule has 0 saturated heterocycles. The van der Waals surface area contributed by atoms with E-state index >= 15 is 0 Å². The molecular weight excluding hydrogens is 953 g/mol. The first-order chi connectivity index (χ1) is 35.0. The summed E-state index contributed by atoms with van der Waals surface area (Å²) in [6, 6.07) is -1.14. The molecule has 0 radical (unpaired) electrons. The summed E-state index contributed by atoms with van der Waals surface area (Å²) in [5, 5.41) is 42.7. The molecule has 0 bridgehead atoms. The molecule has 73 heavy (non-hydrogen) atoms. The van der Waals surface area contributed by atoms with Crippen molar-refractivity contribution in [1.29, 1.82) is 0 Å². The summed E-state index contributed by atoms with van der Waals surface area (Å²) in [7, 11) is 0. The third-order valence-electron chi connectivity index (χ3n) is 12.4. The van der Waals surface area contributed by atoms with Crippen molar-refractivity contribution in [3.8, 4) is 0 Å². The van der Waals surface area contributed by atoms with Crippen LogP contribution in [0.25, 0.3) is 0 Å². The minimum atomic E-state index is -1.15. The molecule has 0 heterocycles. The lowest BCUT2D eigenvalue weighted by Crippen LogP contribution is -2.38. The van der Waals surface area contributed by atoms with Gasteiger partial charge in [-0.05, 0) is 45.4 Å². The maximum absolute atomic E-state index is 12.9. The Morgan fingerprint density at radius 3 is 1.51 bits per heavy atom. The minimum absolute atomic E-state index is 0. The zero-order valence-electron chi connectivity index (χ0n) is 43.8. The van der Waals surface area contributed by atoms with E-state index in [0.717, 1.165) is 44.9 Å². The molecule has 5 atom stereocenters. The number of hydrogen-bond donors (Lipinski definition) is 8. The molecule has 0 aromatic rings. The van der Waals surface area contributed by atoms with E-state index in [9.17, 15) is 58.5 Å². The van der Waals surface area contributed by atoms with Gasteiger partial charge < -0.3 is 61.5 Å². The Morgan fingerprint density at radius 1 is 0.507 bits per heavy atom. The number of Topliss-reactive ketones (excluding diaryl/α,β-unsaturated/α-hetero) is 4. The van der Waals surface area contributed by atoms with Crippen LogP contribution >= 0.6 is 0 Å². The van der Waals surface area contributed by atoms with Crippen LogP contribution in [0.4, 0.5) is 0 Å². The Kier molecular flexibility index (Phi) is 43.6. The smallest absolute Gasteiger partial charge is 0.306 e. The first-order valence-electron chi connectivity index (χ1n) is 26.7. The van der Waals surface area contributed by atoms with Crippen molar-refractivity contribution in [1.82, 2.24) is 10.6 Å². The van der Waals surface area contributed by atoms with Crippen molar-refractivity contribution < 1.29 is 85.4 Å². The Morgan fingerprint density at radius 2 is 1.00 bits per heavy atom. The largest absolute Gasteiger partial charge is 0.481 e. The van der Waals surface area contributed by atoms with Crippen molar-refractivity contribution in [2.75, 3.05) is 72.6 Å². The number of hydrogen-bond acceptors (Lipinski definition) is 16. The zero-order valence-corrected chi connectivity index (χ0v) is 43.8. The number of unbranched alkanes of at least 4 members (excludes halogenated alkanes) is 14. The van der Waals surface area contributed by atoms with Gasteiger partial charge in [-0.2, -0.15) is 0 Å². The van der Waals surface area contributed by atoms with E-state index in [4.69, 9.17) is 35.5 Å². The maximum Gasteiger partial charge on any atom is 0.306 e. The number of amides is 3. The maximum atomic E-state index is 12.9. The highest BCUT2D eigenvalue weighted by Gasteiger charge is 2.30. The van der Waals surface area contributed by atoms with E-state index in [2.05, 4.69) is 10.6 Å². The Labute approximate surface area is 435 Å². The van der Waals surface area contributed by atoms with Crippen LogP contribution in [-0.4, -0.2) is 158 Å². The van der Waals surface area contributed by atoms with E-state index in [1.807, 2.05) is 0 Å². The highest BCUT2D eigenvalue weighted by Crippen LogP contribution is 2.22. The average molecular weight is 1050 g/mol. The molecule has 0 rings (SSSR count). The number of aliphatic hydroxyl groups is 2. The molecule has 21 heteroatoms. The quantitative estimate of drug-likeness (QED) is 0.0391. The monoisotopic (exact) mass is 1050 g/mol. The number of carbonyl (C=O) groups is 9. The fraction of sp³-hybridized carbons (Fsp3) is 0.827. The van der Waals surface area contributed by atoms with Crippen LogP contribution in [0, 0.1) is 17.8 Å². The molecule has 426 valence electrons. The van der Waals surface area contributed by atoms with Crippen LogP contribution in [0.5, 0.6) is 0 Å². The van der Waals surface area contributed by atoms with Gasteiger partial charge in [-0.3, -0.25) is 43.2 Å². The number of carboxylic acids is 2. The van der Waals surface area contributed by atoms with Gasteiger partial charge in [-0.25, -0.2) is 0 Å². The summed E-state index contributed by atoms with van der Waals surface area (Å²) >= 11 is 0. The predicted molar refractivity (Wildman–Crippen MR) is 275 cm³/mol. The van der Waals surface area contributed by atoms with Crippen LogP contribution in [0.1, 0.15) is 177 Å². The summed E-state index contributed by atoms with van der Waals surface area (Å²) < 4.78 is 21.5. The summed E-state index contributed by atoms with van der Waals surface area (Å²) in [4.78, 5) is 108. The standard InChI is InChI=1S/C52H92N4O17.2H2/c1-39(58)44(51(54)67)35-46(61)40(34-47(62)45(53)36-57)19-16-17-25-55-48(63)37-73-32-30-71-28-26-56-49(64)38-72-31-29-70-27-18-21-42(59)24-23-41(52(68)69)33-43(60)20-14-12-10-8-6-4-2-3-5-7-9-11-13-15-22-50(65)66;;/h39-41,44-45,57-58H,2-38,53H2,1H3,(H2,54,67)(H,55,63)(H,56,64)(H,65,66)(H,68,69);2*1H/t39-,40-,41-,44+,45-;;/m1../s1. The van der Waals surface area contributed by atoms with E-state index < -0.39 is 65.9 Å². The molecule has 0 aromatic heterocycles. The van der Waals surface area contributed by atoms with Gasteiger partial charge in [0.1, 0.15) is 30.6 Å². The second kappa shape index (κ2) is 46.3. The lowest BCUT2D eigenvalue weighted by Gasteiger charge is -2.21. The van der Waals surface area contributed by atoms with Gasteiger partial charge in [0, 0.05) is 73.4 Å². The average Bonchev–Trinajstić information content (AvgIpc) is 3.34. The molecule has 0 spiro atoms. The zero-order chi connectivity index (χ0) is 54.5. The Hall–Kier alpha value is -4.25. The van der Waals surface area contributed by atoms with Gasteiger partial charge in [-0.1, -0.05) is 83.5 Å². The molecule has 0 unspecified atom stereocenters. The van der Waals surface area contributed by atoms with Gasteiger partial charge in [0.15, 0.2) is 5.78 Å². The van der Waals surface area contributed by atoms with Crippen LogP contribution in [0.15, 0.2) is 0 Å². The van der Waals surface area contributed by atoms with Gasteiger partial charge >= 0.3 is 11.9 Å². The summed E-state index contributed by atoms with van der Waals surface area (Å²) in [6.07, 6.45) is 16.1. The Balaban J connectivity index is -0.0000259. The van der Waals surface area contributed by atoms with Crippen molar-refractivity contribution in [2.45, 2.75) is 186 Å². The molecule has 21 nitrogen and oxygen atoms in total. The van der Waals surface area contributed by atoms with Gasteiger partial charge in [-0.15, -0.1) is 0 Å². The van der Waals surface area contributed by atoms with E-state index in [-0.39, 0.29) is 137 Å². The molecular formula is C52H96N4O17. The van der Waals surface area contributed by atoms with Gasteiger partial charge in [0.25, 0.3) is 0 Å². The highest BCUT2D eigenvalue weighted by molar-refractivity contribution is 5.92. The van der Waals surface area contributed by atoms with Crippen molar-refractivity contribution in [2.24, 2.45) is 29.2 Å². The number of aliphatic hydroxyl groups excluding tert-OH is 2. The van der Waals surface area contributed by atoms with Crippen LogP contribution < -0.4 is 22.1 Å². The fourth-order valence-electron chi connectivity index (χ4n) is 7.88. The number of ether oxygens (including phenoxy) is 4. The normalized spacial score (nSPS) is 13.4. The van der Waals surface area contributed by atoms with Crippen LogP contribution in [-0.2, 0) is 62.1 Å². The van der Waals surface area contributed by atoms with Crippen molar-refractivity contribution >= 4 is 52.8 Å². The highest BCUT2D eigenvalue weighted by atomic mass is 16.5. The molecule has 3 amide bonds. The second-order valence-corrected chi connectivity index (χ2v) is 18.9. The summed E-state index contributed by atoms with van der Waals surface area (Å²) in [6.45, 7) is 2.06. The topological polar surface area (TPSA) is 348 Å². The molecule has 0 aromatic carbocycles. The predicted octanol–water partition coefficient (Wildman–Crippen LogP) is 4.40. The molecule has 0 saturated carbocycles. The number of carbonyl (C=O) groups excluding carboxylic acids is 7. The number of nitrogens with two attached hydrogens (primary N) is 2. The number of rotatable bonds is 54. The third-order valence-corrected chi connectivity index (χ3v) is 12.4. The second-order valence-electron chi connectivity index (χ2n) is 18.9. The molecule has 0 aliphatic carbocycles. The number of nitrogens with one attached hydrogen (secondary N) is 2. The fourth-order valence-corrected chi connectivity index (χ4v) is 7.88. The molecule has 10 N–H and O–H groups in total. The van der Waals surface area contributed by atoms with E-state index in [1.165, 1.54) is 51.9 Å². The third kappa shape index (κ3) is 41.8. The lowest BCUT2D eigenvalue weighted by atomic mass is 9.84. The Bertz CT molecular complexity index is 1580. The molecule has 0 fully saturated rings. The van der Waals surface area contributed by atoms with Crippen LogP contribution in [0.3, 0.4) is 0 Å². The SMILES string of the molecule is C[C@@H](O)[C@H](CC(=O)[C@H](CCCCNC(=O)COCCOCCNC(=O)COCCOCCCC(=O)CC[C@H](CC(=O)CCCCCCCCCCCCCCCCC(=O)O)C(=O)O)CC(=O)[C@H](N)CO)C(N)=O.[HH].[HH]. The van der Waals surface area contributed by atoms with Crippen LogP contribution in [0.2, 0.25) is 0 Å². The van der Waals surface area contributed by atoms with E-state index in [1.54, 1.807) is 0 Å². The number of carboxylic acid groups (broad SMARTS) is 2. The molecule has 0 aliphatic rings. The lowest BCUT2D eigenvalue weighted by molar-refractivity contribution is -0.144. The van der Waals surface area contributed by atoms with Gasteiger partial charge in [0.2, 0.25) is 17.7 Å². The minimum Gasteiger partial charge on any atom is -0.481 e. The van der Waals surface area contributed by atoms with Gasteiger partial charge in [0.05, 0.1) is 63.6 Å². The molecule has 0 aliphatic heterocycles. The first kappa shape index (κ1) is 68.8. The summed E-state index contributed by atoms with van der Waals surface area (Å²) in [5.74, 6) is -7.19. The number of ketones is 4. The van der Waals surface area contributed by atoms with E-state index in [0.29, 0.717) is 32.3 Å². The number of aliphatic carboxylic acids is 2. The van der Waals surface area contributed by atoms with Crippen molar-refractivity contribution in [3.63, 3.8) is 0 Å². The summed E-state index contributed by atoms with van der Waals surface area (Å²) in [5.41, 5.74) is 10.9.